The molecular formula is C28H30ClNO3. The molecule has 5 heteroatoms. The Kier molecular flexibility index (Phi) is 8.03. The molecule has 0 aromatic heterocycles. The molecule has 2 bridgehead atoms. The minimum Gasteiger partial charge on any atom is -0.491 e. The summed E-state index contributed by atoms with van der Waals surface area (Å²) in [5.74, 6) is 0.952. The van der Waals surface area contributed by atoms with E-state index < -0.39 is 0 Å². The Balaban J connectivity index is 1.58. The van der Waals surface area contributed by atoms with E-state index in [9.17, 15) is 4.79 Å². The van der Waals surface area contributed by atoms with Gasteiger partial charge in [-0.05, 0) is 46.4 Å². The van der Waals surface area contributed by atoms with Gasteiger partial charge in [0, 0.05) is 24.5 Å². The Morgan fingerprint density at radius 3 is 2.67 bits per heavy atom. The number of hydrogen-bond donors (Lipinski definition) is 0. The molecule has 0 N–H and O–H groups in total. The molecule has 33 heavy (non-hydrogen) atoms. The Morgan fingerprint density at radius 2 is 1.82 bits per heavy atom. The number of rotatable bonds is 3. The third-order valence-electron chi connectivity index (χ3n) is 5.94. The van der Waals surface area contributed by atoms with Crippen LogP contribution in [0.25, 0.3) is 0 Å². The van der Waals surface area contributed by atoms with Crippen LogP contribution in [-0.2, 0) is 35.3 Å². The second-order valence-corrected chi connectivity index (χ2v) is 8.74. The molecule has 4 nitrogen and oxygen atoms in total. The molecule has 0 saturated carbocycles. The number of carbonyl (C=O) groups excluding carboxylic acids is 1. The minimum absolute atomic E-state index is 0.0402. The number of hydrogen-bond acceptors (Lipinski definition) is 3. The summed E-state index contributed by atoms with van der Waals surface area (Å²) in [5.41, 5.74) is 5.62. The third-order valence-corrected chi connectivity index (χ3v) is 6.30. The lowest BCUT2D eigenvalue weighted by Crippen LogP contribution is -2.35. The van der Waals surface area contributed by atoms with Crippen molar-refractivity contribution in [2.24, 2.45) is 0 Å². The van der Waals surface area contributed by atoms with E-state index in [1.54, 1.807) is 0 Å². The molecular weight excluding hydrogens is 434 g/mol. The van der Waals surface area contributed by atoms with Crippen LogP contribution in [0.1, 0.15) is 34.7 Å². The van der Waals surface area contributed by atoms with Gasteiger partial charge in [-0.2, -0.15) is 0 Å². The fraction of sp³-hybridized carbons (Fsp3) is 0.321. The predicted octanol–water partition coefficient (Wildman–Crippen LogP) is 5.47. The molecule has 4 rings (SSSR count). The van der Waals surface area contributed by atoms with Gasteiger partial charge in [0.1, 0.15) is 12.4 Å². The van der Waals surface area contributed by atoms with Crippen LogP contribution in [-0.4, -0.2) is 37.2 Å². The van der Waals surface area contributed by atoms with E-state index in [2.05, 4.69) is 49.4 Å². The summed E-state index contributed by atoms with van der Waals surface area (Å²) in [6, 6.07) is 22.4. The van der Waals surface area contributed by atoms with E-state index in [0.29, 0.717) is 37.9 Å². The molecule has 3 aromatic rings. The van der Waals surface area contributed by atoms with Gasteiger partial charge in [0.25, 0.3) is 0 Å². The van der Waals surface area contributed by atoms with Gasteiger partial charge in [-0.3, -0.25) is 4.79 Å². The van der Waals surface area contributed by atoms with Crippen molar-refractivity contribution in [3.8, 4) is 5.75 Å². The maximum atomic E-state index is 13.2. The smallest absolute Gasteiger partial charge is 0.227 e. The zero-order valence-electron chi connectivity index (χ0n) is 19.1. The van der Waals surface area contributed by atoms with Crippen molar-refractivity contribution in [1.29, 1.82) is 0 Å². The zero-order chi connectivity index (χ0) is 23.0. The second kappa shape index (κ2) is 11.4. The van der Waals surface area contributed by atoms with E-state index in [1.807, 2.05) is 29.2 Å². The summed E-state index contributed by atoms with van der Waals surface area (Å²) in [6.07, 6.45) is 2.04. The highest BCUT2D eigenvalue weighted by Crippen LogP contribution is 2.25. The van der Waals surface area contributed by atoms with Crippen molar-refractivity contribution in [3.05, 3.63) is 99.6 Å². The van der Waals surface area contributed by atoms with Gasteiger partial charge in [-0.1, -0.05) is 73.1 Å². The van der Waals surface area contributed by atoms with Crippen molar-refractivity contribution in [2.45, 2.75) is 32.7 Å². The summed E-state index contributed by atoms with van der Waals surface area (Å²) >= 11 is 6.29. The van der Waals surface area contributed by atoms with Crippen LogP contribution in [0.2, 0.25) is 5.02 Å². The fourth-order valence-electron chi connectivity index (χ4n) is 4.11. The van der Waals surface area contributed by atoms with Gasteiger partial charge >= 0.3 is 0 Å². The van der Waals surface area contributed by atoms with Gasteiger partial charge in [0.2, 0.25) is 5.91 Å². The van der Waals surface area contributed by atoms with Crippen LogP contribution in [0.5, 0.6) is 5.75 Å². The molecule has 172 valence electrons. The number of fused-ring (bicyclic) bond motifs is 3. The van der Waals surface area contributed by atoms with Gasteiger partial charge in [-0.25, -0.2) is 0 Å². The summed E-state index contributed by atoms with van der Waals surface area (Å²) < 4.78 is 11.9. The number of nitrogens with zero attached hydrogens (tertiary/aromatic N) is 1. The Labute approximate surface area is 201 Å². The van der Waals surface area contributed by atoms with Crippen LogP contribution in [0.3, 0.4) is 0 Å². The molecule has 1 aliphatic heterocycles. The van der Waals surface area contributed by atoms with Crippen molar-refractivity contribution in [3.63, 3.8) is 0 Å². The molecule has 0 aliphatic carbocycles. The van der Waals surface area contributed by atoms with Crippen LogP contribution in [0.15, 0.2) is 66.7 Å². The molecule has 3 aromatic carbocycles. The number of aryl methyl sites for hydroxylation is 1. The van der Waals surface area contributed by atoms with Crippen molar-refractivity contribution < 1.29 is 14.3 Å². The van der Waals surface area contributed by atoms with Crippen LogP contribution >= 0.6 is 11.6 Å². The van der Waals surface area contributed by atoms with Gasteiger partial charge < -0.3 is 14.4 Å². The topological polar surface area (TPSA) is 38.8 Å². The first-order chi connectivity index (χ1) is 16.1. The maximum absolute atomic E-state index is 13.2. The number of ether oxygens (including phenoxy) is 2. The van der Waals surface area contributed by atoms with Gasteiger partial charge in [-0.15, -0.1) is 0 Å². The van der Waals surface area contributed by atoms with Crippen LogP contribution in [0.4, 0.5) is 0 Å². The maximum Gasteiger partial charge on any atom is 0.227 e. The largest absolute Gasteiger partial charge is 0.491 e. The molecule has 0 fully saturated rings. The second-order valence-electron chi connectivity index (χ2n) is 8.34. The quantitative estimate of drug-likeness (QED) is 0.516. The highest BCUT2D eigenvalue weighted by atomic mass is 35.5. The average molecular weight is 464 g/mol. The number of amides is 1. The Bertz CT molecular complexity index is 1100. The van der Waals surface area contributed by atoms with E-state index in [1.165, 1.54) is 16.7 Å². The molecule has 0 atom stereocenters. The standard InChI is InChI=1S/C28H30ClNO3/c1-2-21-10-11-27-25(17-21)18-22-6-5-7-23(16-22)20-30(12-13-32-14-15-33-27)28(31)19-24-8-3-4-9-26(24)29/h3-11,16-17H,2,12-15,18-20H2,1H3. The zero-order valence-corrected chi connectivity index (χ0v) is 19.8. The average Bonchev–Trinajstić information content (AvgIpc) is 2.82. The first-order valence-electron chi connectivity index (χ1n) is 11.5. The van der Waals surface area contributed by atoms with Crippen molar-refractivity contribution in [2.75, 3.05) is 26.4 Å². The predicted molar refractivity (Wildman–Crippen MR) is 132 cm³/mol. The van der Waals surface area contributed by atoms with E-state index >= 15 is 0 Å². The Hall–Kier alpha value is -2.82. The van der Waals surface area contributed by atoms with Crippen molar-refractivity contribution >= 4 is 17.5 Å². The lowest BCUT2D eigenvalue weighted by Gasteiger charge is -2.24. The van der Waals surface area contributed by atoms with Crippen LogP contribution in [0, 0.1) is 0 Å². The molecule has 1 amide bonds. The lowest BCUT2D eigenvalue weighted by atomic mass is 9.99. The number of halogens is 1. The van der Waals surface area contributed by atoms with Crippen molar-refractivity contribution in [1.82, 2.24) is 4.90 Å². The summed E-state index contributed by atoms with van der Waals surface area (Å²) in [6.45, 7) is 4.63. The van der Waals surface area contributed by atoms with Crippen LogP contribution < -0.4 is 4.74 Å². The first-order valence-corrected chi connectivity index (χ1v) is 11.9. The molecule has 1 aliphatic rings. The normalized spacial score (nSPS) is 14.7. The highest BCUT2D eigenvalue weighted by molar-refractivity contribution is 6.31. The third kappa shape index (κ3) is 6.37. The number of benzene rings is 3. The molecule has 0 unspecified atom stereocenters. The van der Waals surface area contributed by atoms with Gasteiger partial charge in [0.15, 0.2) is 0 Å². The van der Waals surface area contributed by atoms with Gasteiger partial charge in [0.05, 0.1) is 19.6 Å². The molecule has 0 spiro atoms. The van der Waals surface area contributed by atoms with E-state index in [0.717, 1.165) is 29.7 Å². The Morgan fingerprint density at radius 1 is 0.970 bits per heavy atom. The molecule has 0 radical (unpaired) electrons. The summed E-state index contributed by atoms with van der Waals surface area (Å²) in [5, 5.41) is 0.619. The first kappa shape index (κ1) is 23.3. The SMILES string of the molecule is CCc1ccc2c(c1)Cc1cccc(c1)CN(C(=O)Cc1ccccc1Cl)CCOCCO2. The summed E-state index contributed by atoms with van der Waals surface area (Å²) in [7, 11) is 0. The fourth-order valence-corrected chi connectivity index (χ4v) is 4.31. The number of carbonyl (C=O) groups is 1. The summed E-state index contributed by atoms with van der Waals surface area (Å²) in [4.78, 5) is 15.0. The van der Waals surface area contributed by atoms with E-state index in [4.69, 9.17) is 21.1 Å². The lowest BCUT2D eigenvalue weighted by molar-refractivity contribution is -0.131. The molecule has 1 heterocycles. The minimum atomic E-state index is 0.0402. The monoisotopic (exact) mass is 463 g/mol. The molecule has 0 saturated heterocycles. The van der Waals surface area contributed by atoms with E-state index in [-0.39, 0.29) is 12.3 Å². The highest BCUT2D eigenvalue weighted by Gasteiger charge is 2.17.